The van der Waals surface area contributed by atoms with Crippen molar-refractivity contribution in [2.24, 2.45) is 22.7 Å². The summed E-state index contributed by atoms with van der Waals surface area (Å²) >= 11 is 0. The van der Waals surface area contributed by atoms with Gasteiger partial charge in [0.1, 0.15) is 0 Å². The smallest absolute Gasteiger partial charge is 0.0211 e. The highest BCUT2D eigenvalue weighted by molar-refractivity contribution is 5.05. The predicted octanol–water partition coefficient (Wildman–Crippen LogP) is 4.55. The summed E-state index contributed by atoms with van der Waals surface area (Å²) in [6.45, 7) is 19.0. The van der Waals surface area contributed by atoms with Crippen LogP contribution in [-0.2, 0) is 0 Å². The maximum atomic E-state index is 2.50. The highest BCUT2D eigenvalue weighted by atomic mass is 15.1. The lowest BCUT2D eigenvalue weighted by Crippen LogP contribution is -2.44. The van der Waals surface area contributed by atoms with Crippen LogP contribution in [0.1, 0.15) is 54.9 Å². The topological polar surface area (TPSA) is 3.24 Å². The normalized spacial score (nSPS) is 26.4. The third kappa shape index (κ3) is 3.76. The van der Waals surface area contributed by atoms with Gasteiger partial charge in [-0.3, -0.25) is 0 Å². The molecule has 0 N–H and O–H groups in total. The van der Waals surface area contributed by atoms with Gasteiger partial charge >= 0.3 is 0 Å². The van der Waals surface area contributed by atoms with Gasteiger partial charge in [-0.1, -0.05) is 54.5 Å². The molecule has 0 radical (unpaired) electrons. The lowest BCUT2D eigenvalue weighted by molar-refractivity contribution is 0.0649. The second-order valence-corrected chi connectivity index (χ2v) is 7.70. The van der Waals surface area contributed by atoms with Crippen molar-refractivity contribution in [3.63, 3.8) is 0 Å². The van der Waals surface area contributed by atoms with Gasteiger partial charge in [0, 0.05) is 13.1 Å². The molecule has 1 nitrogen and oxygen atoms in total. The Morgan fingerprint density at radius 3 is 2.06 bits per heavy atom. The number of allylic oxidation sites excluding steroid dienone is 1. The Morgan fingerprint density at radius 1 is 1.06 bits per heavy atom. The molecule has 17 heavy (non-hydrogen) atoms. The third-order valence-corrected chi connectivity index (χ3v) is 3.99. The first kappa shape index (κ1) is 14.6. The summed E-state index contributed by atoms with van der Waals surface area (Å²) in [6, 6.07) is 0. The molecule has 0 aliphatic carbocycles. The van der Waals surface area contributed by atoms with Crippen molar-refractivity contribution in [2.75, 3.05) is 13.1 Å². The zero-order valence-corrected chi connectivity index (χ0v) is 12.9. The first-order chi connectivity index (χ1) is 7.66. The van der Waals surface area contributed by atoms with E-state index < -0.39 is 0 Å². The molecule has 0 aromatic carbocycles. The highest BCUT2D eigenvalue weighted by Crippen LogP contribution is 2.44. The summed E-state index contributed by atoms with van der Waals surface area (Å²) in [5.41, 5.74) is 0.751. The Bertz CT molecular complexity index is 264. The van der Waals surface area contributed by atoms with E-state index in [1.165, 1.54) is 19.5 Å². The first-order valence-corrected chi connectivity index (χ1v) is 7.08. The van der Waals surface area contributed by atoms with Crippen molar-refractivity contribution in [3.05, 3.63) is 12.3 Å². The van der Waals surface area contributed by atoms with Gasteiger partial charge in [0.05, 0.1) is 0 Å². The Balaban J connectivity index is 2.92. The van der Waals surface area contributed by atoms with Gasteiger partial charge in [0.2, 0.25) is 0 Å². The molecule has 1 heterocycles. The Morgan fingerprint density at radius 2 is 1.65 bits per heavy atom. The number of rotatable bonds is 2. The van der Waals surface area contributed by atoms with E-state index in [0.29, 0.717) is 16.7 Å². The fourth-order valence-corrected chi connectivity index (χ4v) is 2.93. The van der Waals surface area contributed by atoms with Crippen LogP contribution in [0.3, 0.4) is 0 Å². The van der Waals surface area contributed by atoms with Crippen LogP contribution in [0, 0.1) is 22.7 Å². The van der Waals surface area contributed by atoms with E-state index in [-0.39, 0.29) is 0 Å². The first-order valence-electron chi connectivity index (χ1n) is 7.08. The summed E-state index contributed by atoms with van der Waals surface area (Å²) in [6.07, 6.45) is 6.03. The van der Waals surface area contributed by atoms with Gasteiger partial charge in [0.15, 0.2) is 0 Å². The van der Waals surface area contributed by atoms with E-state index in [2.05, 4.69) is 65.6 Å². The van der Waals surface area contributed by atoms with E-state index in [4.69, 9.17) is 0 Å². The average Bonchev–Trinajstić information content (AvgIpc) is 2.15. The van der Waals surface area contributed by atoms with Crippen molar-refractivity contribution in [3.8, 4) is 0 Å². The summed E-state index contributed by atoms with van der Waals surface area (Å²) in [4.78, 5) is 2.50. The van der Waals surface area contributed by atoms with E-state index in [1.807, 2.05) is 0 Å². The predicted molar refractivity (Wildman–Crippen MR) is 76.9 cm³/mol. The lowest BCUT2D eigenvalue weighted by atomic mass is 9.63. The molecule has 0 amide bonds. The summed E-state index contributed by atoms with van der Waals surface area (Å²) < 4.78 is 0. The molecule has 2 atom stereocenters. The Kier molecular flexibility index (Phi) is 4.33. The van der Waals surface area contributed by atoms with Gasteiger partial charge in [-0.15, -0.1) is 0 Å². The van der Waals surface area contributed by atoms with Crippen molar-refractivity contribution in [1.29, 1.82) is 0 Å². The van der Waals surface area contributed by atoms with Crippen LogP contribution in [0.5, 0.6) is 0 Å². The van der Waals surface area contributed by atoms with Crippen molar-refractivity contribution in [2.45, 2.75) is 54.9 Å². The molecule has 0 aromatic rings. The number of hydrogen-bond acceptors (Lipinski definition) is 1. The summed E-state index contributed by atoms with van der Waals surface area (Å²) in [7, 11) is 0. The molecule has 100 valence electrons. The van der Waals surface area contributed by atoms with E-state index in [0.717, 1.165) is 5.92 Å². The molecule has 0 spiro atoms. The Hall–Kier alpha value is -0.460. The Labute approximate surface area is 108 Å². The van der Waals surface area contributed by atoms with Gasteiger partial charge < -0.3 is 4.90 Å². The molecule has 1 aliphatic heterocycles. The number of nitrogens with zero attached hydrogens (tertiary/aromatic N) is 1. The molecular formula is C16H31N. The van der Waals surface area contributed by atoms with Gasteiger partial charge in [-0.05, 0) is 35.3 Å². The fraction of sp³-hybridized carbons (Fsp3) is 0.875. The van der Waals surface area contributed by atoms with Gasteiger partial charge in [-0.2, -0.15) is 0 Å². The number of hydrogen-bond donors (Lipinski definition) is 0. The minimum absolute atomic E-state index is 0.368. The molecule has 1 aliphatic rings. The molecule has 1 heteroatoms. The minimum atomic E-state index is 0.368. The third-order valence-electron chi connectivity index (χ3n) is 3.99. The van der Waals surface area contributed by atoms with Crippen LogP contribution < -0.4 is 0 Å². The quantitative estimate of drug-likeness (QED) is 0.681. The fourth-order valence-electron chi connectivity index (χ4n) is 2.93. The van der Waals surface area contributed by atoms with E-state index in [1.54, 1.807) is 0 Å². The molecule has 2 unspecified atom stereocenters. The zero-order valence-electron chi connectivity index (χ0n) is 12.9. The molecular weight excluding hydrogens is 206 g/mol. The second kappa shape index (κ2) is 5.04. The average molecular weight is 237 g/mol. The van der Waals surface area contributed by atoms with Gasteiger partial charge in [-0.25, -0.2) is 0 Å². The molecule has 0 bridgehead atoms. The van der Waals surface area contributed by atoms with Crippen molar-refractivity contribution < 1.29 is 0 Å². The van der Waals surface area contributed by atoms with Crippen molar-refractivity contribution in [1.82, 2.24) is 4.90 Å². The van der Waals surface area contributed by atoms with E-state index in [9.17, 15) is 0 Å². The lowest BCUT2D eigenvalue weighted by Gasteiger charge is -2.47. The maximum absolute atomic E-state index is 2.50. The molecule has 0 saturated carbocycles. The van der Waals surface area contributed by atoms with Crippen LogP contribution in [0.25, 0.3) is 0 Å². The SMILES string of the molecule is CCCN1C=CC(C(C)(C)C)C(C(C)(C)C)C1. The highest BCUT2D eigenvalue weighted by Gasteiger charge is 2.39. The zero-order chi connectivity index (χ0) is 13.3. The largest absolute Gasteiger partial charge is 0.377 e. The summed E-state index contributed by atoms with van der Waals surface area (Å²) in [5, 5.41) is 0. The van der Waals surface area contributed by atoms with E-state index >= 15 is 0 Å². The van der Waals surface area contributed by atoms with Crippen molar-refractivity contribution >= 4 is 0 Å². The standard InChI is InChI=1S/C16H31N/c1-8-10-17-11-9-13(15(2,3)4)14(12-17)16(5,6)7/h9,11,13-14H,8,10,12H2,1-7H3. The molecule has 0 saturated heterocycles. The minimum Gasteiger partial charge on any atom is -0.377 e. The summed E-state index contributed by atoms with van der Waals surface area (Å²) in [5.74, 6) is 1.44. The maximum Gasteiger partial charge on any atom is 0.0211 e. The molecule has 1 rings (SSSR count). The molecule has 0 fully saturated rings. The van der Waals surface area contributed by atoms with Gasteiger partial charge in [0.25, 0.3) is 0 Å². The van der Waals surface area contributed by atoms with Crippen LogP contribution in [0.4, 0.5) is 0 Å². The molecule has 0 aromatic heterocycles. The van der Waals surface area contributed by atoms with Crippen LogP contribution in [0.2, 0.25) is 0 Å². The van der Waals surface area contributed by atoms with Crippen LogP contribution >= 0.6 is 0 Å². The monoisotopic (exact) mass is 237 g/mol. The second-order valence-electron chi connectivity index (χ2n) is 7.70. The van der Waals surface area contributed by atoms with Crippen LogP contribution in [-0.4, -0.2) is 18.0 Å². The van der Waals surface area contributed by atoms with Crippen LogP contribution in [0.15, 0.2) is 12.3 Å².